The highest BCUT2D eigenvalue weighted by atomic mass is 35.5. The Morgan fingerprint density at radius 2 is 1.85 bits per heavy atom. The Labute approximate surface area is 79.4 Å². The molecule has 2 aromatic rings. The van der Waals surface area contributed by atoms with E-state index in [-0.39, 0.29) is 10.8 Å². The van der Waals surface area contributed by atoms with Gasteiger partial charge in [0.1, 0.15) is 11.6 Å². The molecular weight excluding hydrogens is 191 g/mol. The number of hydrogen-bond acceptors (Lipinski definition) is 1. The summed E-state index contributed by atoms with van der Waals surface area (Å²) in [6.07, 6.45) is 0. The molecule has 0 heterocycles. The maximum Gasteiger partial charge on any atom is 0.142 e. The first-order valence-corrected chi connectivity index (χ1v) is 4.13. The number of aromatic hydroxyl groups is 1. The Morgan fingerprint density at radius 3 is 2.62 bits per heavy atom. The van der Waals surface area contributed by atoms with Gasteiger partial charge < -0.3 is 5.11 Å². The standard InChI is InChI=1S/C10H6ClFO/c11-10-7-2-1-3-9(13)6(7)4-5-8(10)12/h1-5,13H. The average Bonchev–Trinajstić information content (AvgIpc) is 2.12. The summed E-state index contributed by atoms with van der Waals surface area (Å²) in [5.41, 5.74) is 0. The van der Waals surface area contributed by atoms with Gasteiger partial charge in [0.05, 0.1) is 5.02 Å². The van der Waals surface area contributed by atoms with Crippen LogP contribution in [0.4, 0.5) is 4.39 Å². The quantitative estimate of drug-likeness (QED) is 0.685. The maximum atomic E-state index is 13.0. The Balaban J connectivity index is 2.94. The van der Waals surface area contributed by atoms with Crippen LogP contribution in [0.1, 0.15) is 0 Å². The molecule has 0 radical (unpaired) electrons. The number of benzene rings is 2. The van der Waals surface area contributed by atoms with E-state index in [9.17, 15) is 9.50 Å². The molecule has 0 aliphatic carbocycles. The topological polar surface area (TPSA) is 20.2 Å². The molecule has 0 aromatic heterocycles. The molecule has 66 valence electrons. The Morgan fingerprint density at radius 1 is 1.08 bits per heavy atom. The summed E-state index contributed by atoms with van der Waals surface area (Å²) in [6, 6.07) is 7.58. The molecule has 2 aromatic carbocycles. The van der Waals surface area contributed by atoms with Crippen molar-refractivity contribution in [3.63, 3.8) is 0 Å². The number of fused-ring (bicyclic) bond motifs is 1. The van der Waals surface area contributed by atoms with Crippen LogP contribution in [0.2, 0.25) is 5.02 Å². The van der Waals surface area contributed by atoms with Gasteiger partial charge in [0.2, 0.25) is 0 Å². The lowest BCUT2D eigenvalue weighted by Gasteiger charge is -2.02. The summed E-state index contributed by atoms with van der Waals surface area (Å²) >= 11 is 5.71. The fraction of sp³-hybridized carbons (Fsp3) is 0. The second kappa shape index (κ2) is 2.89. The minimum absolute atomic E-state index is 0.0494. The number of halogens is 2. The third kappa shape index (κ3) is 1.23. The van der Waals surface area contributed by atoms with Crippen molar-refractivity contribution < 1.29 is 9.50 Å². The summed E-state index contributed by atoms with van der Waals surface area (Å²) in [6.45, 7) is 0. The van der Waals surface area contributed by atoms with E-state index in [0.717, 1.165) is 0 Å². The van der Waals surface area contributed by atoms with Crippen molar-refractivity contribution in [1.29, 1.82) is 0 Å². The summed E-state index contributed by atoms with van der Waals surface area (Å²) in [4.78, 5) is 0. The predicted molar refractivity (Wildman–Crippen MR) is 50.6 cm³/mol. The summed E-state index contributed by atoms with van der Waals surface area (Å²) < 4.78 is 13.0. The lowest BCUT2D eigenvalue weighted by molar-refractivity contribution is 0.481. The molecule has 0 aliphatic rings. The summed E-state index contributed by atoms with van der Waals surface area (Å²) in [5.74, 6) is -0.362. The molecule has 0 fully saturated rings. The van der Waals surface area contributed by atoms with Gasteiger partial charge in [-0.05, 0) is 18.2 Å². The fourth-order valence-electron chi connectivity index (χ4n) is 1.28. The highest BCUT2D eigenvalue weighted by Crippen LogP contribution is 2.31. The molecule has 0 saturated carbocycles. The van der Waals surface area contributed by atoms with Gasteiger partial charge in [-0.15, -0.1) is 0 Å². The SMILES string of the molecule is Oc1cccc2c(Cl)c(F)ccc12. The van der Waals surface area contributed by atoms with E-state index in [4.69, 9.17) is 11.6 Å². The minimum atomic E-state index is -0.472. The number of rotatable bonds is 0. The molecule has 1 N–H and O–H groups in total. The van der Waals surface area contributed by atoms with Gasteiger partial charge in [-0.3, -0.25) is 0 Å². The first kappa shape index (κ1) is 8.32. The molecule has 3 heteroatoms. The van der Waals surface area contributed by atoms with Crippen molar-refractivity contribution in [1.82, 2.24) is 0 Å². The van der Waals surface area contributed by atoms with E-state index < -0.39 is 5.82 Å². The Kier molecular flexibility index (Phi) is 1.85. The number of phenols is 1. The van der Waals surface area contributed by atoms with Crippen LogP contribution < -0.4 is 0 Å². The van der Waals surface area contributed by atoms with Crippen LogP contribution in [0.15, 0.2) is 30.3 Å². The van der Waals surface area contributed by atoms with Crippen LogP contribution in [0.5, 0.6) is 5.75 Å². The van der Waals surface area contributed by atoms with Crippen molar-refractivity contribution >= 4 is 22.4 Å². The van der Waals surface area contributed by atoms with E-state index in [1.54, 1.807) is 12.1 Å². The van der Waals surface area contributed by atoms with Gasteiger partial charge >= 0.3 is 0 Å². The third-order valence-electron chi connectivity index (χ3n) is 1.93. The van der Waals surface area contributed by atoms with Crippen LogP contribution in [0, 0.1) is 5.82 Å². The molecule has 0 saturated heterocycles. The minimum Gasteiger partial charge on any atom is -0.507 e. The van der Waals surface area contributed by atoms with E-state index in [2.05, 4.69) is 0 Å². The normalized spacial score (nSPS) is 10.6. The zero-order valence-corrected chi connectivity index (χ0v) is 7.35. The second-order valence-corrected chi connectivity index (χ2v) is 3.11. The molecule has 2 rings (SSSR count). The van der Waals surface area contributed by atoms with Crippen molar-refractivity contribution in [2.45, 2.75) is 0 Å². The molecule has 0 atom stereocenters. The van der Waals surface area contributed by atoms with Gasteiger partial charge in [0.25, 0.3) is 0 Å². The first-order valence-electron chi connectivity index (χ1n) is 3.76. The van der Waals surface area contributed by atoms with Crippen molar-refractivity contribution in [2.75, 3.05) is 0 Å². The van der Waals surface area contributed by atoms with Crippen LogP contribution in [-0.2, 0) is 0 Å². The van der Waals surface area contributed by atoms with E-state index >= 15 is 0 Å². The smallest absolute Gasteiger partial charge is 0.142 e. The van der Waals surface area contributed by atoms with E-state index in [0.29, 0.717) is 10.8 Å². The lowest BCUT2D eigenvalue weighted by atomic mass is 10.1. The van der Waals surface area contributed by atoms with Gasteiger partial charge in [0, 0.05) is 10.8 Å². The van der Waals surface area contributed by atoms with E-state index in [1.807, 2.05) is 0 Å². The van der Waals surface area contributed by atoms with Gasteiger partial charge in [-0.1, -0.05) is 23.7 Å². The van der Waals surface area contributed by atoms with Crippen LogP contribution >= 0.6 is 11.6 Å². The Bertz CT molecular complexity index is 468. The average molecular weight is 197 g/mol. The molecule has 13 heavy (non-hydrogen) atoms. The van der Waals surface area contributed by atoms with Gasteiger partial charge in [0.15, 0.2) is 0 Å². The van der Waals surface area contributed by atoms with Crippen molar-refractivity contribution in [3.05, 3.63) is 41.2 Å². The Hall–Kier alpha value is -1.28. The van der Waals surface area contributed by atoms with Crippen molar-refractivity contribution in [3.8, 4) is 5.75 Å². The van der Waals surface area contributed by atoms with Crippen LogP contribution in [-0.4, -0.2) is 5.11 Å². The highest BCUT2D eigenvalue weighted by molar-refractivity contribution is 6.35. The fourth-order valence-corrected chi connectivity index (χ4v) is 1.51. The zero-order valence-electron chi connectivity index (χ0n) is 6.59. The van der Waals surface area contributed by atoms with E-state index in [1.165, 1.54) is 18.2 Å². The van der Waals surface area contributed by atoms with Gasteiger partial charge in [-0.2, -0.15) is 0 Å². The molecule has 0 bridgehead atoms. The third-order valence-corrected chi connectivity index (χ3v) is 2.31. The van der Waals surface area contributed by atoms with Crippen molar-refractivity contribution in [2.24, 2.45) is 0 Å². The molecular formula is C10H6ClFO. The molecule has 0 amide bonds. The predicted octanol–water partition coefficient (Wildman–Crippen LogP) is 3.34. The number of phenolic OH excluding ortho intramolecular Hbond substituents is 1. The molecule has 1 nitrogen and oxygen atoms in total. The molecule has 0 spiro atoms. The van der Waals surface area contributed by atoms with Gasteiger partial charge in [-0.25, -0.2) is 4.39 Å². The molecule has 0 aliphatic heterocycles. The van der Waals surface area contributed by atoms with Crippen LogP contribution in [0.25, 0.3) is 10.8 Å². The largest absolute Gasteiger partial charge is 0.507 e. The zero-order chi connectivity index (χ0) is 9.42. The number of hydrogen-bond donors (Lipinski definition) is 1. The summed E-state index contributed by atoms with van der Waals surface area (Å²) in [5, 5.41) is 10.5. The summed E-state index contributed by atoms with van der Waals surface area (Å²) in [7, 11) is 0. The second-order valence-electron chi connectivity index (χ2n) is 2.73. The first-order chi connectivity index (χ1) is 6.20. The molecule has 0 unspecified atom stereocenters. The lowest BCUT2D eigenvalue weighted by Crippen LogP contribution is -1.80. The van der Waals surface area contributed by atoms with Crippen LogP contribution in [0.3, 0.4) is 0 Å². The monoisotopic (exact) mass is 196 g/mol. The highest BCUT2D eigenvalue weighted by Gasteiger charge is 2.06. The maximum absolute atomic E-state index is 13.0.